The van der Waals surface area contributed by atoms with E-state index in [0.29, 0.717) is 34.9 Å². The number of hydrogen-bond donors (Lipinski definition) is 0. The highest BCUT2D eigenvalue weighted by molar-refractivity contribution is 5.89. The van der Waals surface area contributed by atoms with Gasteiger partial charge in [0, 0.05) is 6.54 Å². The number of carbonyl (C=O) groups excluding carboxylic acids is 1. The zero-order chi connectivity index (χ0) is 14.4. The SMILES string of the molecule is COc1cc(C(=C=O)CN(C)C)cc(OC)c1OC. The van der Waals surface area contributed by atoms with E-state index in [9.17, 15) is 4.79 Å². The molecule has 5 heteroatoms. The number of nitrogens with zero attached hydrogens (tertiary/aromatic N) is 1. The third-order valence-electron chi connectivity index (χ3n) is 2.61. The molecule has 0 atom stereocenters. The van der Waals surface area contributed by atoms with Gasteiger partial charge in [-0.05, 0) is 31.8 Å². The van der Waals surface area contributed by atoms with Crippen molar-refractivity contribution < 1.29 is 19.0 Å². The lowest BCUT2D eigenvalue weighted by atomic mass is 10.1. The molecule has 0 aromatic heterocycles. The number of ether oxygens (including phenoxy) is 3. The molecular weight excluding hydrogens is 246 g/mol. The van der Waals surface area contributed by atoms with Gasteiger partial charge in [-0.15, -0.1) is 0 Å². The van der Waals surface area contributed by atoms with Gasteiger partial charge in [0.1, 0.15) is 5.94 Å². The number of likely N-dealkylation sites (N-methyl/N-ethyl adjacent to an activating group) is 1. The molecule has 1 aromatic carbocycles. The van der Waals surface area contributed by atoms with Crippen LogP contribution >= 0.6 is 0 Å². The maximum atomic E-state index is 11.1. The van der Waals surface area contributed by atoms with Gasteiger partial charge in [0.05, 0.1) is 26.9 Å². The largest absolute Gasteiger partial charge is 0.493 e. The Morgan fingerprint density at radius 3 is 1.95 bits per heavy atom. The Labute approximate surface area is 113 Å². The van der Waals surface area contributed by atoms with Crippen LogP contribution in [-0.2, 0) is 4.79 Å². The Morgan fingerprint density at radius 2 is 1.63 bits per heavy atom. The second-order valence-corrected chi connectivity index (χ2v) is 4.23. The van der Waals surface area contributed by atoms with Crippen molar-refractivity contribution in [2.45, 2.75) is 0 Å². The van der Waals surface area contributed by atoms with E-state index in [4.69, 9.17) is 14.2 Å². The highest BCUT2D eigenvalue weighted by Crippen LogP contribution is 2.39. The average molecular weight is 265 g/mol. The van der Waals surface area contributed by atoms with Crippen molar-refractivity contribution in [2.24, 2.45) is 0 Å². The van der Waals surface area contributed by atoms with Crippen molar-refractivity contribution in [3.05, 3.63) is 17.7 Å². The Morgan fingerprint density at radius 1 is 1.11 bits per heavy atom. The minimum atomic E-state index is 0.488. The number of hydrogen-bond acceptors (Lipinski definition) is 5. The smallest absolute Gasteiger partial charge is 0.203 e. The minimum absolute atomic E-state index is 0.488. The van der Waals surface area contributed by atoms with Crippen LogP contribution in [0, 0.1) is 0 Å². The van der Waals surface area contributed by atoms with Crippen LogP contribution in [0.15, 0.2) is 12.1 Å². The van der Waals surface area contributed by atoms with Crippen molar-refractivity contribution in [1.82, 2.24) is 4.90 Å². The number of methoxy groups -OCH3 is 3. The monoisotopic (exact) mass is 265 g/mol. The van der Waals surface area contributed by atoms with Crippen LogP contribution < -0.4 is 14.2 Å². The van der Waals surface area contributed by atoms with E-state index in [1.165, 1.54) is 21.3 Å². The molecular formula is C14H19NO4. The van der Waals surface area contributed by atoms with Gasteiger partial charge in [0.15, 0.2) is 11.5 Å². The van der Waals surface area contributed by atoms with Crippen molar-refractivity contribution in [2.75, 3.05) is 42.0 Å². The summed E-state index contributed by atoms with van der Waals surface area (Å²) in [4.78, 5) is 13.0. The molecule has 0 saturated carbocycles. The van der Waals surface area contributed by atoms with Crippen molar-refractivity contribution in [1.29, 1.82) is 0 Å². The number of rotatable bonds is 6. The summed E-state index contributed by atoms with van der Waals surface area (Å²) >= 11 is 0. The van der Waals surface area contributed by atoms with Gasteiger partial charge < -0.3 is 19.1 Å². The van der Waals surface area contributed by atoms with E-state index in [1.54, 1.807) is 12.1 Å². The van der Waals surface area contributed by atoms with Gasteiger partial charge in [0.2, 0.25) is 5.75 Å². The van der Waals surface area contributed by atoms with Gasteiger partial charge in [-0.2, -0.15) is 0 Å². The maximum absolute atomic E-state index is 11.1. The summed E-state index contributed by atoms with van der Waals surface area (Å²) in [5.41, 5.74) is 1.24. The Balaban J connectivity index is 3.33. The minimum Gasteiger partial charge on any atom is -0.493 e. The van der Waals surface area contributed by atoms with Crippen LogP contribution in [0.25, 0.3) is 5.57 Å². The third kappa shape index (κ3) is 3.50. The van der Waals surface area contributed by atoms with E-state index < -0.39 is 0 Å². The maximum Gasteiger partial charge on any atom is 0.203 e. The normalized spacial score (nSPS) is 10.0. The van der Waals surface area contributed by atoms with Crippen LogP contribution in [0.3, 0.4) is 0 Å². The zero-order valence-corrected chi connectivity index (χ0v) is 11.9. The first-order chi connectivity index (χ1) is 9.07. The van der Waals surface area contributed by atoms with Crippen LogP contribution in [-0.4, -0.2) is 52.8 Å². The summed E-state index contributed by atoms with van der Waals surface area (Å²) in [6, 6.07) is 3.48. The van der Waals surface area contributed by atoms with E-state index in [0.717, 1.165) is 0 Å². The molecule has 0 aliphatic rings. The van der Waals surface area contributed by atoms with E-state index in [-0.39, 0.29) is 0 Å². The van der Waals surface area contributed by atoms with Gasteiger partial charge >= 0.3 is 0 Å². The second-order valence-electron chi connectivity index (χ2n) is 4.23. The molecule has 104 valence electrons. The van der Waals surface area contributed by atoms with Crippen molar-refractivity contribution >= 4 is 11.5 Å². The summed E-state index contributed by atoms with van der Waals surface area (Å²) in [5, 5.41) is 0. The van der Waals surface area contributed by atoms with Gasteiger partial charge in [0.25, 0.3) is 0 Å². The van der Waals surface area contributed by atoms with Gasteiger partial charge in [-0.25, -0.2) is 4.79 Å². The summed E-state index contributed by atoms with van der Waals surface area (Å²) in [5.74, 6) is 3.50. The first kappa shape index (κ1) is 15.1. The fourth-order valence-electron chi connectivity index (χ4n) is 1.75. The van der Waals surface area contributed by atoms with Crippen LogP contribution in [0.4, 0.5) is 0 Å². The van der Waals surface area contributed by atoms with E-state index in [1.807, 2.05) is 24.9 Å². The van der Waals surface area contributed by atoms with Crippen LogP contribution in [0.5, 0.6) is 17.2 Å². The standard InChI is InChI=1S/C14H19NO4/c1-15(2)8-11(9-16)10-6-12(17-3)14(19-5)13(7-10)18-4/h6-7H,8H2,1-5H3. The quantitative estimate of drug-likeness (QED) is 0.729. The molecule has 0 spiro atoms. The molecule has 1 rings (SSSR count). The molecule has 0 N–H and O–H groups in total. The Bertz CT molecular complexity index is 465. The molecule has 0 radical (unpaired) electrons. The summed E-state index contributed by atoms with van der Waals surface area (Å²) < 4.78 is 15.8. The lowest BCUT2D eigenvalue weighted by molar-refractivity contribution is 0.324. The third-order valence-corrected chi connectivity index (χ3v) is 2.61. The molecule has 0 aliphatic carbocycles. The summed E-state index contributed by atoms with van der Waals surface area (Å²) in [6.45, 7) is 0.488. The molecule has 0 fully saturated rings. The second kappa shape index (κ2) is 6.83. The lowest BCUT2D eigenvalue weighted by Gasteiger charge is -2.16. The predicted octanol–water partition coefficient (Wildman–Crippen LogP) is 1.49. The molecule has 0 saturated heterocycles. The molecule has 0 aliphatic heterocycles. The topological polar surface area (TPSA) is 48.0 Å². The highest BCUT2D eigenvalue weighted by atomic mass is 16.5. The summed E-state index contributed by atoms with van der Waals surface area (Å²) in [7, 11) is 8.38. The predicted molar refractivity (Wildman–Crippen MR) is 73.8 cm³/mol. The fraction of sp³-hybridized carbons (Fsp3) is 0.429. The lowest BCUT2D eigenvalue weighted by Crippen LogP contribution is -2.15. The average Bonchev–Trinajstić information content (AvgIpc) is 2.42. The first-order valence-corrected chi connectivity index (χ1v) is 5.76. The van der Waals surface area contributed by atoms with Gasteiger partial charge in [-0.3, -0.25) is 0 Å². The molecule has 0 amide bonds. The molecule has 0 bridgehead atoms. The molecule has 0 unspecified atom stereocenters. The summed E-state index contributed by atoms with van der Waals surface area (Å²) in [6.07, 6.45) is 0. The van der Waals surface area contributed by atoms with E-state index in [2.05, 4.69) is 0 Å². The highest BCUT2D eigenvalue weighted by Gasteiger charge is 2.16. The van der Waals surface area contributed by atoms with E-state index >= 15 is 0 Å². The first-order valence-electron chi connectivity index (χ1n) is 5.76. The Hall–Kier alpha value is -1.97. The molecule has 1 aromatic rings. The van der Waals surface area contributed by atoms with Crippen LogP contribution in [0.2, 0.25) is 0 Å². The van der Waals surface area contributed by atoms with Crippen LogP contribution in [0.1, 0.15) is 5.56 Å². The number of benzene rings is 1. The zero-order valence-electron chi connectivity index (χ0n) is 11.9. The fourth-order valence-corrected chi connectivity index (χ4v) is 1.75. The molecule has 19 heavy (non-hydrogen) atoms. The Kier molecular flexibility index (Phi) is 5.42. The van der Waals surface area contributed by atoms with Crippen molar-refractivity contribution in [3.8, 4) is 17.2 Å². The van der Waals surface area contributed by atoms with Crippen molar-refractivity contribution in [3.63, 3.8) is 0 Å². The van der Waals surface area contributed by atoms with Gasteiger partial charge in [-0.1, -0.05) is 0 Å². The molecule has 5 nitrogen and oxygen atoms in total. The molecule has 0 heterocycles.